The van der Waals surface area contributed by atoms with Crippen LogP contribution in [0.5, 0.6) is 0 Å². The van der Waals surface area contributed by atoms with Gasteiger partial charge in [0, 0.05) is 19.0 Å². The number of carboxylic acids is 1. The molecule has 1 atom stereocenters. The number of aliphatic carboxylic acids is 1. The third-order valence-corrected chi connectivity index (χ3v) is 2.62. The number of hydrogen-bond acceptors (Lipinski definition) is 3. The number of carbonyl (C=O) groups excluding carboxylic acids is 1. The summed E-state index contributed by atoms with van der Waals surface area (Å²) in [6, 6.07) is 0. The van der Waals surface area contributed by atoms with Gasteiger partial charge in [-0.15, -0.1) is 0 Å². The van der Waals surface area contributed by atoms with Gasteiger partial charge >= 0.3 is 12.1 Å². The number of nitrogens with zero attached hydrogens (tertiary/aromatic N) is 1. The summed E-state index contributed by atoms with van der Waals surface area (Å²) < 4.78 is 4.96. The highest BCUT2D eigenvalue weighted by Gasteiger charge is 2.28. The predicted octanol–water partition coefficient (Wildman–Crippen LogP) is 1.58. The fraction of sp³-hybridized carbons (Fsp3) is 0.818. The van der Waals surface area contributed by atoms with Crippen molar-refractivity contribution in [2.24, 2.45) is 11.8 Å². The Morgan fingerprint density at radius 1 is 1.62 bits per heavy atom. The van der Waals surface area contributed by atoms with Crippen molar-refractivity contribution in [3.05, 3.63) is 0 Å². The largest absolute Gasteiger partial charge is 0.481 e. The van der Waals surface area contributed by atoms with Crippen LogP contribution in [0.4, 0.5) is 4.79 Å². The molecule has 1 N–H and O–H groups in total. The van der Waals surface area contributed by atoms with Crippen LogP contribution in [-0.4, -0.2) is 41.8 Å². The molecule has 0 bridgehead atoms. The van der Waals surface area contributed by atoms with Crippen molar-refractivity contribution in [3.8, 4) is 0 Å². The van der Waals surface area contributed by atoms with Crippen molar-refractivity contribution in [2.45, 2.75) is 26.7 Å². The normalized spacial score (nSPS) is 21.1. The van der Waals surface area contributed by atoms with Gasteiger partial charge in [0.15, 0.2) is 0 Å². The van der Waals surface area contributed by atoms with Crippen LogP contribution in [0.25, 0.3) is 0 Å². The second-order valence-corrected chi connectivity index (χ2v) is 4.67. The lowest BCUT2D eigenvalue weighted by molar-refractivity contribution is -0.139. The van der Waals surface area contributed by atoms with Gasteiger partial charge in [-0.2, -0.15) is 0 Å². The van der Waals surface area contributed by atoms with Crippen molar-refractivity contribution in [1.82, 2.24) is 4.90 Å². The number of ether oxygens (including phenoxy) is 1. The number of hydrogen-bond donors (Lipinski definition) is 1. The van der Waals surface area contributed by atoms with E-state index in [9.17, 15) is 9.59 Å². The third kappa shape index (κ3) is 4.08. The van der Waals surface area contributed by atoms with Crippen LogP contribution in [0.15, 0.2) is 0 Å². The van der Waals surface area contributed by atoms with Gasteiger partial charge in [-0.05, 0) is 12.3 Å². The lowest BCUT2D eigenvalue weighted by atomic mass is 10.0. The number of carboxylic acid groups (broad SMARTS) is 1. The molecule has 1 rings (SSSR count). The Labute approximate surface area is 95.4 Å². The van der Waals surface area contributed by atoms with E-state index in [1.54, 1.807) is 4.90 Å². The van der Waals surface area contributed by atoms with E-state index in [0.29, 0.717) is 19.0 Å². The first kappa shape index (κ1) is 12.8. The Kier molecular flexibility index (Phi) is 4.58. The van der Waals surface area contributed by atoms with Crippen molar-refractivity contribution < 1.29 is 19.4 Å². The van der Waals surface area contributed by atoms with E-state index >= 15 is 0 Å². The van der Waals surface area contributed by atoms with Crippen LogP contribution in [0.3, 0.4) is 0 Å². The molecule has 0 radical (unpaired) electrons. The first-order valence-corrected chi connectivity index (χ1v) is 5.62. The van der Waals surface area contributed by atoms with Gasteiger partial charge < -0.3 is 14.7 Å². The van der Waals surface area contributed by atoms with Crippen molar-refractivity contribution in [1.29, 1.82) is 0 Å². The van der Waals surface area contributed by atoms with Gasteiger partial charge in [0.1, 0.15) is 0 Å². The summed E-state index contributed by atoms with van der Waals surface area (Å²) in [5.74, 6) is -0.401. The maximum atomic E-state index is 11.4. The van der Waals surface area contributed by atoms with Crippen molar-refractivity contribution in [3.63, 3.8) is 0 Å². The topological polar surface area (TPSA) is 66.8 Å². The molecule has 1 saturated heterocycles. The van der Waals surface area contributed by atoms with Crippen LogP contribution in [0.1, 0.15) is 26.7 Å². The molecular formula is C11H19NO4. The van der Waals surface area contributed by atoms with Crippen LogP contribution < -0.4 is 0 Å². The molecule has 1 fully saturated rings. The average molecular weight is 229 g/mol. The van der Waals surface area contributed by atoms with E-state index < -0.39 is 5.97 Å². The lowest BCUT2D eigenvalue weighted by Gasteiger charge is -2.31. The summed E-state index contributed by atoms with van der Waals surface area (Å²) in [7, 11) is 0. The van der Waals surface area contributed by atoms with E-state index in [4.69, 9.17) is 9.84 Å². The van der Waals surface area contributed by atoms with Gasteiger partial charge in [0.05, 0.1) is 13.0 Å². The highest BCUT2D eigenvalue weighted by molar-refractivity contribution is 5.70. The second kappa shape index (κ2) is 5.72. The Hall–Kier alpha value is -1.26. The maximum Gasteiger partial charge on any atom is 0.409 e. The number of rotatable bonds is 5. The molecule has 5 nitrogen and oxygen atoms in total. The molecule has 1 aliphatic rings. The van der Waals surface area contributed by atoms with Gasteiger partial charge in [0.25, 0.3) is 0 Å². The molecule has 16 heavy (non-hydrogen) atoms. The van der Waals surface area contributed by atoms with Gasteiger partial charge in [-0.3, -0.25) is 4.79 Å². The van der Waals surface area contributed by atoms with E-state index in [0.717, 1.165) is 6.42 Å². The fourth-order valence-electron chi connectivity index (χ4n) is 1.69. The minimum Gasteiger partial charge on any atom is -0.481 e. The van der Waals surface area contributed by atoms with Crippen LogP contribution in [0, 0.1) is 11.8 Å². The summed E-state index contributed by atoms with van der Waals surface area (Å²) in [6.07, 6.45) is 0.655. The Balaban J connectivity index is 2.42. The van der Waals surface area contributed by atoms with Gasteiger partial charge in [0.2, 0.25) is 0 Å². The summed E-state index contributed by atoms with van der Waals surface area (Å²) >= 11 is 0. The minimum absolute atomic E-state index is 0.0610. The maximum absolute atomic E-state index is 11.4. The summed E-state index contributed by atoms with van der Waals surface area (Å²) in [6.45, 7) is 5.54. The highest BCUT2D eigenvalue weighted by atomic mass is 16.6. The molecule has 92 valence electrons. The zero-order chi connectivity index (χ0) is 12.1. The molecule has 5 heteroatoms. The first-order valence-electron chi connectivity index (χ1n) is 5.62. The summed E-state index contributed by atoms with van der Waals surface area (Å²) in [5, 5.41) is 8.68. The van der Waals surface area contributed by atoms with E-state index in [1.165, 1.54) is 0 Å². The van der Waals surface area contributed by atoms with Gasteiger partial charge in [-0.25, -0.2) is 4.79 Å². The Morgan fingerprint density at radius 2 is 2.31 bits per heavy atom. The number of cyclic esters (lactones) is 1. The van der Waals surface area contributed by atoms with E-state index in [1.807, 2.05) is 0 Å². The zero-order valence-corrected chi connectivity index (χ0v) is 9.81. The average Bonchev–Trinajstić information content (AvgIpc) is 2.18. The molecule has 0 aromatic heterocycles. The van der Waals surface area contributed by atoms with Gasteiger partial charge in [-0.1, -0.05) is 13.8 Å². The molecule has 0 aliphatic carbocycles. The molecule has 0 spiro atoms. The van der Waals surface area contributed by atoms with Crippen LogP contribution >= 0.6 is 0 Å². The molecular weight excluding hydrogens is 210 g/mol. The number of amides is 1. The quantitative estimate of drug-likeness (QED) is 0.777. The smallest absolute Gasteiger partial charge is 0.409 e. The zero-order valence-electron chi connectivity index (χ0n) is 9.81. The number of carbonyl (C=O) groups is 2. The molecule has 1 heterocycles. The second-order valence-electron chi connectivity index (χ2n) is 4.67. The summed E-state index contributed by atoms with van der Waals surface area (Å²) in [5.41, 5.74) is 0. The lowest BCUT2D eigenvalue weighted by Crippen LogP contribution is -2.44. The fourth-order valence-corrected chi connectivity index (χ4v) is 1.69. The molecule has 0 aromatic carbocycles. The molecule has 1 amide bonds. The van der Waals surface area contributed by atoms with Crippen molar-refractivity contribution >= 4 is 12.1 Å². The van der Waals surface area contributed by atoms with Crippen molar-refractivity contribution in [2.75, 3.05) is 19.7 Å². The SMILES string of the molecule is CC(C)CCN1CC(CC(=O)O)COC1=O. The Bertz CT molecular complexity index is 265. The molecule has 1 aliphatic heterocycles. The standard InChI is InChI=1S/C11H19NO4/c1-8(2)3-4-12-6-9(5-10(13)14)7-16-11(12)15/h8-9H,3-7H2,1-2H3,(H,13,14). The molecule has 1 unspecified atom stereocenters. The highest BCUT2D eigenvalue weighted by Crippen LogP contribution is 2.16. The third-order valence-electron chi connectivity index (χ3n) is 2.62. The van der Waals surface area contributed by atoms with E-state index in [2.05, 4.69) is 13.8 Å². The van der Waals surface area contributed by atoms with E-state index in [-0.39, 0.29) is 25.0 Å². The molecule has 0 saturated carbocycles. The predicted molar refractivity (Wildman–Crippen MR) is 58.1 cm³/mol. The van der Waals surface area contributed by atoms with Crippen LogP contribution in [0.2, 0.25) is 0 Å². The monoisotopic (exact) mass is 229 g/mol. The minimum atomic E-state index is -0.841. The van der Waals surface area contributed by atoms with Crippen LogP contribution in [-0.2, 0) is 9.53 Å². The Morgan fingerprint density at radius 3 is 2.88 bits per heavy atom. The molecule has 0 aromatic rings. The first-order chi connectivity index (χ1) is 7.49. The summed E-state index contributed by atoms with van der Waals surface area (Å²) in [4.78, 5) is 23.6.